The van der Waals surface area contributed by atoms with Gasteiger partial charge in [0.1, 0.15) is 0 Å². The Hall–Kier alpha value is -2.54. The molecule has 0 heterocycles. The van der Waals surface area contributed by atoms with Crippen molar-refractivity contribution in [2.45, 2.75) is 6.92 Å². The molecular formula is C13H8N2O2. The maximum atomic E-state index is 10.3. The third kappa shape index (κ3) is 2.04. The van der Waals surface area contributed by atoms with E-state index in [4.69, 9.17) is 0 Å². The van der Waals surface area contributed by atoms with E-state index in [0.29, 0.717) is 11.4 Å². The van der Waals surface area contributed by atoms with Gasteiger partial charge >= 0.3 is 0 Å². The van der Waals surface area contributed by atoms with Crippen LogP contribution in [0.3, 0.4) is 0 Å². The number of benzene rings is 2. The monoisotopic (exact) mass is 224 g/mol. The predicted molar refractivity (Wildman–Crippen MR) is 64.2 cm³/mol. The highest BCUT2D eigenvalue weighted by molar-refractivity contribution is 5.91. The molecule has 0 N–H and O–H groups in total. The Bertz CT molecular complexity index is 674. The van der Waals surface area contributed by atoms with E-state index in [-0.39, 0.29) is 0 Å². The van der Waals surface area contributed by atoms with Crippen LogP contribution in [0.25, 0.3) is 10.8 Å². The first-order valence-electron chi connectivity index (χ1n) is 4.95. The largest absolute Gasteiger partial charge is 0.240 e. The second-order valence-electron chi connectivity index (χ2n) is 3.52. The van der Waals surface area contributed by atoms with Crippen molar-refractivity contribution in [2.24, 2.45) is 9.98 Å². The van der Waals surface area contributed by atoms with Crippen molar-refractivity contribution in [2.75, 3.05) is 0 Å². The van der Waals surface area contributed by atoms with E-state index in [1.54, 1.807) is 18.2 Å². The maximum Gasteiger partial charge on any atom is 0.240 e. The lowest BCUT2D eigenvalue weighted by Crippen LogP contribution is -1.80. The summed E-state index contributed by atoms with van der Waals surface area (Å²) < 4.78 is 0. The van der Waals surface area contributed by atoms with Crippen molar-refractivity contribution in [3.63, 3.8) is 0 Å². The second-order valence-corrected chi connectivity index (χ2v) is 3.52. The first-order chi connectivity index (χ1) is 8.26. The molecule has 0 fully saturated rings. The second kappa shape index (κ2) is 4.54. The average Bonchev–Trinajstić information content (AvgIpc) is 2.34. The van der Waals surface area contributed by atoms with Crippen LogP contribution >= 0.6 is 0 Å². The van der Waals surface area contributed by atoms with Crippen molar-refractivity contribution in [3.05, 3.63) is 35.9 Å². The third-order valence-electron chi connectivity index (χ3n) is 2.59. The van der Waals surface area contributed by atoms with Crippen molar-refractivity contribution in [1.29, 1.82) is 0 Å². The molecule has 2 aromatic rings. The molecule has 82 valence electrons. The van der Waals surface area contributed by atoms with Crippen LogP contribution in [0.2, 0.25) is 0 Å². The van der Waals surface area contributed by atoms with E-state index in [0.717, 1.165) is 16.3 Å². The van der Waals surface area contributed by atoms with E-state index < -0.39 is 0 Å². The first kappa shape index (κ1) is 11.0. The Morgan fingerprint density at radius 3 is 2.41 bits per heavy atom. The predicted octanol–water partition coefficient (Wildman–Crippen LogP) is 3.08. The number of hydrogen-bond donors (Lipinski definition) is 0. The first-order valence-corrected chi connectivity index (χ1v) is 4.95. The van der Waals surface area contributed by atoms with Gasteiger partial charge in [0.25, 0.3) is 0 Å². The van der Waals surface area contributed by atoms with E-state index in [2.05, 4.69) is 9.98 Å². The van der Waals surface area contributed by atoms with Crippen molar-refractivity contribution in [3.8, 4) is 0 Å². The van der Waals surface area contributed by atoms with Gasteiger partial charge in [0.2, 0.25) is 12.2 Å². The highest BCUT2D eigenvalue weighted by atomic mass is 16.1. The molecule has 0 amide bonds. The number of nitrogens with zero attached hydrogens (tertiary/aromatic N) is 2. The fraction of sp³-hybridized carbons (Fsp3) is 0.0769. The molecule has 4 heteroatoms. The summed E-state index contributed by atoms with van der Waals surface area (Å²) in [7, 11) is 0. The Morgan fingerprint density at radius 1 is 1.00 bits per heavy atom. The Balaban J connectivity index is 2.77. The average molecular weight is 224 g/mol. The molecule has 0 spiro atoms. The van der Waals surface area contributed by atoms with Gasteiger partial charge in [0.15, 0.2) is 0 Å². The zero-order valence-corrected chi connectivity index (χ0v) is 9.10. The topological polar surface area (TPSA) is 58.9 Å². The van der Waals surface area contributed by atoms with Gasteiger partial charge in [-0.25, -0.2) is 9.59 Å². The molecule has 0 aliphatic rings. The minimum Gasteiger partial charge on any atom is -0.211 e. The van der Waals surface area contributed by atoms with Crippen molar-refractivity contribution in [1.82, 2.24) is 0 Å². The summed E-state index contributed by atoms with van der Waals surface area (Å²) in [5.74, 6) is 0. The fourth-order valence-electron chi connectivity index (χ4n) is 1.74. The quantitative estimate of drug-likeness (QED) is 0.581. The number of hydrogen-bond acceptors (Lipinski definition) is 4. The van der Waals surface area contributed by atoms with Crippen LogP contribution < -0.4 is 0 Å². The van der Waals surface area contributed by atoms with Crippen LogP contribution in [0.5, 0.6) is 0 Å². The van der Waals surface area contributed by atoms with Gasteiger partial charge in [0.05, 0.1) is 11.4 Å². The van der Waals surface area contributed by atoms with Crippen LogP contribution in [0.1, 0.15) is 5.56 Å². The third-order valence-corrected chi connectivity index (χ3v) is 2.59. The highest BCUT2D eigenvalue weighted by Gasteiger charge is 2.03. The molecular weight excluding hydrogens is 216 g/mol. The van der Waals surface area contributed by atoms with E-state index in [1.807, 2.05) is 19.1 Å². The molecule has 0 saturated heterocycles. The Morgan fingerprint density at radius 2 is 1.71 bits per heavy atom. The molecule has 0 aliphatic heterocycles. The molecule has 0 saturated carbocycles. The summed E-state index contributed by atoms with van der Waals surface area (Å²) in [5.41, 5.74) is 1.95. The summed E-state index contributed by atoms with van der Waals surface area (Å²) in [6, 6.07) is 8.96. The van der Waals surface area contributed by atoms with E-state index in [1.165, 1.54) is 12.2 Å². The summed E-state index contributed by atoms with van der Waals surface area (Å²) in [4.78, 5) is 27.7. The molecule has 2 aromatic carbocycles. The van der Waals surface area contributed by atoms with Gasteiger partial charge in [-0.05, 0) is 41.5 Å². The van der Waals surface area contributed by atoms with Crippen LogP contribution in [-0.2, 0) is 9.59 Å². The molecule has 2 rings (SSSR count). The van der Waals surface area contributed by atoms with Gasteiger partial charge < -0.3 is 0 Å². The van der Waals surface area contributed by atoms with Gasteiger partial charge in [-0.3, -0.25) is 0 Å². The van der Waals surface area contributed by atoms with E-state index in [9.17, 15) is 9.59 Å². The normalized spacial score (nSPS) is 9.47. The lowest BCUT2D eigenvalue weighted by atomic mass is 10.0. The van der Waals surface area contributed by atoms with Crippen molar-refractivity contribution >= 4 is 34.3 Å². The van der Waals surface area contributed by atoms with E-state index >= 15 is 0 Å². The number of rotatable bonds is 2. The number of isocyanates is 2. The standard InChI is InChI=1S/C13H8N2O2/c1-9-12-6-11(14-7-16)4-2-10(12)3-5-13(9)15-8-17/h2-6H,1H3. The number of aryl methyl sites for hydroxylation is 1. The van der Waals surface area contributed by atoms with Gasteiger partial charge in [0, 0.05) is 0 Å². The molecule has 4 nitrogen and oxygen atoms in total. The summed E-state index contributed by atoms with van der Waals surface area (Å²) in [6.07, 6.45) is 3.02. The molecule has 0 atom stereocenters. The minimum absolute atomic E-state index is 0.530. The van der Waals surface area contributed by atoms with Crippen molar-refractivity contribution < 1.29 is 9.59 Å². The molecule has 0 radical (unpaired) electrons. The lowest BCUT2D eigenvalue weighted by Gasteiger charge is -2.04. The summed E-state index contributed by atoms with van der Waals surface area (Å²) in [6.45, 7) is 1.85. The number of aliphatic imine (C=N–C) groups is 2. The smallest absolute Gasteiger partial charge is 0.211 e. The van der Waals surface area contributed by atoms with Gasteiger partial charge in [-0.15, -0.1) is 0 Å². The van der Waals surface area contributed by atoms with Crippen LogP contribution in [0, 0.1) is 6.92 Å². The number of fused-ring (bicyclic) bond motifs is 1. The maximum absolute atomic E-state index is 10.3. The summed E-state index contributed by atoms with van der Waals surface area (Å²) >= 11 is 0. The van der Waals surface area contributed by atoms with Crippen LogP contribution in [0.15, 0.2) is 40.3 Å². The molecule has 0 unspecified atom stereocenters. The fourth-order valence-corrected chi connectivity index (χ4v) is 1.74. The Labute approximate surface area is 97.3 Å². The zero-order chi connectivity index (χ0) is 12.3. The zero-order valence-electron chi connectivity index (χ0n) is 9.10. The lowest BCUT2D eigenvalue weighted by molar-refractivity contribution is 0.564. The summed E-state index contributed by atoms with van der Waals surface area (Å²) in [5, 5.41) is 1.90. The molecule has 0 aliphatic carbocycles. The molecule has 0 aromatic heterocycles. The Kier molecular flexibility index (Phi) is 2.93. The molecule has 0 bridgehead atoms. The van der Waals surface area contributed by atoms with Crippen LogP contribution in [0.4, 0.5) is 11.4 Å². The van der Waals surface area contributed by atoms with Gasteiger partial charge in [-0.2, -0.15) is 9.98 Å². The van der Waals surface area contributed by atoms with Gasteiger partial charge in [-0.1, -0.05) is 12.1 Å². The highest BCUT2D eigenvalue weighted by Crippen LogP contribution is 2.29. The SMILES string of the molecule is Cc1c(N=C=O)ccc2ccc(N=C=O)cc12. The minimum atomic E-state index is 0.530. The van der Waals surface area contributed by atoms with Crippen LogP contribution in [-0.4, -0.2) is 12.2 Å². The number of carbonyl (C=O) groups excluding carboxylic acids is 2. The molecule has 17 heavy (non-hydrogen) atoms.